The summed E-state index contributed by atoms with van der Waals surface area (Å²) in [6.45, 7) is 3.93. The van der Waals surface area contributed by atoms with Crippen molar-refractivity contribution in [2.45, 2.75) is 57.7 Å². The number of carbonyl (C=O) groups excluding carboxylic acids is 1. The molecular formula is C19H29ClN2O3. The zero-order chi connectivity index (χ0) is 16.9. The van der Waals surface area contributed by atoms with Crippen LogP contribution in [0.3, 0.4) is 0 Å². The van der Waals surface area contributed by atoms with Crippen LogP contribution in [-0.4, -0.2) is 31.3 Å². The third kappa shape index (κ3) is 5.59. The van der Waals surface area contributed by atoms with Gasteiger partial charge in [0.1, 0.15) is 11.9 Å². The number of nitrogens with one attached hydrogen (secondary N) is 1. The van der Waals surface area contributed by atoms with Crippen LogP contribution in [0, 0.1) is 12.8 Å². The van der Waals surface area contributed by atoms with Gasteiger partial charge in [-0.1, -0.05) is 18.6 Å². The number of nitrogens with two attached hydrogens (primary N) is 1. The number of hydrogen-bond acceptors (Lipinski definition) is 4. The number of halogens is 1. The second kappa shape index (κ2) is 9.41. The van der Waals surface area contributed by atoms with E-state index in [0.717, 1.165) is 49.2 Å². The molecule has 1 aliphatic carbocycles. The maximum Gasteiger partial charge on any atom is 0.220 e. The Hall–Kier alpha value is -1.30. The van der Waals surface area contributed by atoms with Crippen LogP contribution < -0.4 is 15.8 Å². The number of hydrogen-bond donors (Lipinski definition) is 2. The Balaban J connectivity index is 0.00000225. The molecule has 3 atom stereocenters. The lowest BCUT2D eigenvalue weighted by atomic mass is 10.00. The monoisotopic (exact) mass is 368 g/mol. The van der Waals surface area contributed by atoms with Crippen molar-refractivity contribution in [3.8, 4) is 5.75 Å². The quantitative estimate of drug-likeness (QED) is 0.809. The van der Waals surface area contributed by atoms with Gasteiger partial charge in [-0.05, 0) is 37.3 Å². The molecule has 3 rings (SSSR count). The molecular weight excluding hydrogens is 340 g/mol. The molecule has 1 saturated carbocycles. The predicted octanol–water partition coefficient (Wildman–Crippen LogP) is 2.72. The molecule has 0 radical (unpaired) electrons. The van der Waals surface area contributed by atoms with Crippen LogP contribution in [0.2, 0.25) is 0 Å². The number of amides is 1. The molecule has 25 heavy (non-hydrogen) atoms. The summed E-state index contributed by atoms with van der Waals surface area (Å²) in [4.78, 5) is 12.2. The zero-order valence-corrected chi connectivity index (χ0v) is 15.6. The van der Waals surface area contributed by atoms with Gasteiger partial charge in [0.25, 0.3) is 0 Å². The Labute approximate surface area is 156 Å². The Bertz CT molecular complexity index is 576. The normalized spacial score (nSPS) is 25.4. The van der Waals surface area contributed by atoms with Crippen molar-refractivity contribution in [1.82, 2.24) is 5.32 Å². The number of aryl methyl sites for hydroxylation is 1. The molecule has 1 aromatic carbocycles. The molecule has 1 unspecified atom stereocenters. The van der Waals surface area contributed by atoms with Crippen molar-refractivity contribution >= 4 is 18.3 Å². The fourth-order valence-electron chi connectivity index (χ4n) is 3.53. The topological polar surface area (TPSA) is 73.6 Å². The second-order valence-corrected chi connectivity index (χ2v) is 7.05. The van der Waals surface area contributed by atoms with E-state index < -0.39 is 0 Å². The van der Waals surface area contributed by atoms with E-state index in [1.807, 2.05) is 25.1 Å². The smallest absolute Gasteiger partial charge is 0.220 e. The average molecular weight is 369 g/mol. The van der Waals surface area contributed by atoms with E-state index in [9.17, 15) is 4.79 Å². The fraction of sp³-hybridized carbons (Fsp3) is 0.632. The highest BCUT2D eigenvalue weighted by Crippen LogP contribution is 2.27. The molecule has 1 heterocycles. The number of rotatable bonds is 6. The molecule has 0 bridgehead atoms. The van der Waals surface area contributed by atoms with Gasteiger partial charge < -0.3 is 20.5 Å². The van der Waals surface area contributed by atoms with E-state index >= 15 is 0 Å². The molecule has 2 fully saturated rings. The summed E-state index contributed by atoms with van der Waals surface area (Å²) in [5.74, 6) is 1.26. The first-order chi connectivity index (χ1) is 11.6. The molecule has 3 N–H and O–H groups in total. The standard InChI is InChI=1S/C19H28N2O3.ClH/c1-13-5-6-15(18(9-13)24-16-7-8-23-12-16)11-21-19(22)10-14-3-2-4-17(14)20;/h5-6,9,14,16-17H,2-4,7-8,10-12,20H2,1H3,(H,21,22);1H/t14-,16?,17+;/m0./s1. The number of ether oxygens (including phenoxy) is 2. The Morgan fingerprint density at radius 1 is 1.36 bits per heavy atom. The van der Waals surface area contributed by atoms with E-state index in [4.69, 9.17) is 15.2 Å². The largest absolute Gasteiger partial charge is 0.488 e. The van der Waals surface area contributed by atoms with Crippen molar-refractivity contribution in [3.63, 3.8) is 0 Å². The molecule has 1 saturated heterocycles. The summed E-state index contributed by atoms with van der Waals surface area (Å²) in [5.41, 5.74) is 8.21. The van der Waals surface area contributed by atoms with E-state index in [2.05, 4.69) is 5.32 Å². The van der Waals surface area contributed by atoms with E-state index in [-0.39, 0.29) is 30.5 Å². The summed E-state index contributed by atoms with van der Waals surface area (Å²) in [6, 6.07) is 6.29. The minimum atomic E-state index is 0. The molecule has 1 aromatic rings. The number of benzene rings is 1. The maximum absolute atomic E-state index is 12.2. The SMILES string of the molecule is Cc1ccc(CNC(=O)C[C@@H]2CCC[C@H]2N)c(OC2CCOC2)c1.Cl. The third-order valence-electron chi connectivity index (χ3n) is 5.05. The second-order valence-electron chi connectivity index (χ2n) is 7.05. The summed E-state index contributed by atoms with van der Waals surface area (Å²) < 4.78 is 11.4. The third-order valence-corrected chi connectivity index (χ3v) is 5.05. The molecule has 5 nitrogen and oxygen atoms in total. The van der Waals surface area contributed by atoms with E-state index in [1.54, 1.807) is 0 Å². The average Bonchev–Trinajstić information content (AvgIpc) is 3.19. The fourth-order valence-corrected chi connectivity index (χ4v) is 3.53. The van der Waals surface area contributed by atoms with Crippen LogP contribution in [0.5, 0.6) is 5.75 Å². The molecule has 6 heteroatoms. The van der Waals surface area contributed by atoms with Gasteiger partial charge in [-0.15, -0.1) is 12.4 Å². The Morgan fingerprint density at radius 3 is 2.88 bits per heavy atom. The molecule has 2 aliphatic rings. The van der Waals surface area contributed by atoms with Crippen LogP contribution in [0.4, 0.5) is 0 Å². The first-order valence-electron chi connectivity index (χ1n) is 8.98. The van der Waals surface area contributed by atoms with Gasteiger partial charge in [-0.2, -0.15) is 0 Å². The summed E-state index contributed by atoms with van der Waals surface area (Å²) >= 11 is 0. The summed E-state index contributed by atoms with van der Waals surface area (Å²) in [7, 11) is 0. The Kier molecular flexibility index (Phi) is 7.54. The lowest BCUT2D eigenvalue weighted by Crippen LogP contribution is -2.31. The van der Waals surface area contributed by atoms with E-state index in [0.29, 0.717) is 25.5 Å². The molecule has 0 spiro atoms. The predicted molar refractivity (Wildman–Crippen MR) is 100 cm³/mol. The summed E-state index contributed by atoms with van der Waals surface area (Å²) in [6.07, 6.45) is 4.79. The van der Waals surface area contributed by atoms with Gasteiger partial charge in [-0.25, -0.2) is 0 Å². The highest BCUT2D eigenvalue weighted by molar-refractivity contribution is 5.85. The van der Waals surface area contributed by atoms with Crippen LogP contribution in [-0.2, 0) is 16.1 Å². The van der Waals surface area contributed by atoms with Gasteiger partial charge in [-0.3, -0.25) is 4.79 Å². The zero-order valence-electron chi connectivity index (χ0n) is 14.8. The minimum Gasteiger partial charge on any atom is -0.488 e. The van der Waals surface area contributed by atoms with Crippen LogP contribution in [0.15, 0.2) is 18.2 Å². The van der Waals surface area contributed by atoms with Crippen molar-refractivity contribution in [2.24, 2.45) is 11.7 Å². The van der Waals surface area contributed by atoms with Gasteiger partial charge in [0.15, 0.2) is 0 Å². The summed E-state index contributed by atoms with van der Waals surface area (Å²) in [5, 5.41) is 3.03. The van der Waals surface area contributed by atoms with Crippen LogP contribution in [0.1, 0.15) is 43.2 Å². The van der Waals surface area contributed by atoms with Gasteiger partial charge in [0.2, 0.25) is 5.91 Å². The van der Waals surface area contributed by atoms with Crippen molar-refractivity contribution in [1.29, 1.82) is 0 Å². The highest BCUT2D eigenvalue weighted by atomic mass is 35.5. The Morgan fingerprint density at radius 2 is 2.20 bits per heavy atom. The lowest BCUT2D eigenvalue weighted by Gasteiger charge is -2.18. The van der Waals surface area contributed by atoms with Crippen LogP contribution >= 0.6 is 12.4 Å². The molecule has 0 aromatic heterocycles. The molecule has 1 amide bonds. The minimum absolute atomic E-state index is 0. The molecule has 1 aliphatic heterocycles. The lowest BCUT2D eigenvalue weighted by molar-refractivity contribution is -0.122. The highest BCUT2D eigenvalue weighted by Gasteiger charge is 2.26. The van der Waals surface area contributed by atoms with Crippen molar-refractivity contribution in [2.75, 3.05) is 13.2 Å². The van der Waals surface area contributed by atoms with E-state index in [1.165, 1.54) is 0 Å². The maximum atomic E-state index is 12.2. The van der Waals surface area contributed by atoms with Crippen LogP contribution in [0.25, 0.3) is 0 Å². The molecule has 140 valence electrons. The number of carbonyl (C=O) groups is 1. The van der Waals surface area contributed by atoms with Gasteiger partial charge in [0.05, 0.1) is 13.2 Å². The van der Waals surface area contributed by atoms with Gasteiger partial charge in [0, 0.05) is 31.0 Å². The van der Waals surface area contributed by atoms with Crippen molar-refractivity contribution in [3.05, 3.63) is 29.3 Å². The van der Waals surface area contributed by atoms with Crippen molar-refractivity contribution < 1.29 is 14.3 Å². The first kappa shape index (κ1) is 20.0. The van der Waals surface area contributed by atoms with Gasteiger partial charge >= 0.3 is 0 Å². The first-order valence-corrected chi connectivity index (χ1v) is 8.98.